The SMILES string of the molecule is COC(=O)c1cc(C=CCC(N)=O)cc2[nH]ncc12. The van der Waals surface area contributed by atoms with Gasteiger partial charge in [0.2, 0.25) is 5.91 Å². The number of carbonyl (C=O) groups excluding carboxylic acids is 2. The van der Waals surface area contributed by atoms with Gasteiger partial charge in [0, 0.05) is 11.8 Å². The van der Waals surface area contributed by atoms with Gasteiger partial charge < -0.3 is 10.5 Å². The number of ether oxygens (including phenoxy) is 1. The van der Waals surface area contributed by atoms with Crippen LogP contribution in [-0.2, 0) is 9.53 Å². The maximum atomic E-state index is 11.7. The number of rotatable bonds is 4. The standard InChI is InChI=1S/C13H13N3O3/c1-19-13(18)9-5-8(3-2-4-12(14)17)6-11-10(9)7-15-16-11/h2-3,5-7H,4H2,1H3,(H2,14,17)(H,15,16). The molecule has 98 valence electrons. The van der Waals surface area contributed by atoms with Crippen LogP contribution in [-0.4, -0.2) is 29.2 Å². The number of hydrogen-bond donors (Lipinski definition) is 2. The van der Waals surface area contributed by atoms with Crippen molar-refractivity contribution in [2.45, 2.75) is 6.42 Å². The molecule has 0 aliphatic heterocycles. The summed E-state index contributed by atoms with van der Waals surface area (Å²) < 4.78 is 4.73. The highest BCUT2D eigenvalue weighted by atomic mass is 16.5. The molecule has 0 unspecified atom stereocenters. The molecule has 1 amide bonds. The Morgan fingerprint density at radius 2 is 2.26 bits per heavy atom. The van der Waals surface area contributed by atoms with Gasteiger partial charge in [-0.05, 0) is 17.7 Å². The fourth-order valence-electron chi connectivity index (χ4n) is 1.76. The lowest BCUT2D eigenvalue weighted by molar-refractivity contribution is -0.117. The van der Waals surface area contributed by atoms with Crippen LogP contribution in [0, 0.1) is 0 Å². The normalized spacial score (nSPS) is 11.0. The molecule has 0 saturated heterocycles. The molecule has 0 aliphatic carbocycles. The Morgan fingerprint density at radius 3 is 2.95 bits per heavy atom. The monoisotopic (exact) mass is 259 g/mol. The van der Waals surface area contributed by atoms with Gasteiger partial charge in [0.05, 0.1) is 24.4 Å². The van der Waals surface area contributed by atoms with E-state index in [0.29, 0.717) is 10.9 Å². The molecule has 0 fully saturated rings. The number of benzene rings is 1. The average molecular weight is 259 g/mol. The summed E-state index contributed by atoms with van der Waals surface area (Å²) >= 11 is 0. The van der Waals surface area contributed by atoms with Crippen LogP contribution in [0.4, 0.5) is 0 Å². The predicted octanol–water partition coefficient (Wildman–Crippen LogP) is 1.24. The van der Waals surface area contributed by atoms with E-state index < -0.39 is 11.9 Å². The predicted molar refractivity (Wildman–Crippen MR) is 70.3 cm³/mol. The fourth-order valence-corrected chi connectivity index (χ4v) is 1.76. The summed E-state index contributed by atoms with van der Waals surface area (Å²) in [5.74, 6) is -0.844. The van der Waals surface area contributed by atoms with Gasteiger partial charge in [-0.25, -0.2) is 4.79 Å². The number of H-pyrrole nitrogens is 1. The van der Waals surface area contributed by atoms with Crippen molar-refractivity contribution >= 4 is 28.9 Å². The van der Waals surface area contributed by atoms with Gasteiger partial charge in [0.1, 0.15) is 0 Å². The van der Waals surface area contributed by atoms with Gasteiger partial charge >= 0.3 is 5.97 Å². The molecule has 3 N–H and O–H groups in total. The lowest BCUT2D eigenvalue weighted by atomic mass is 10.1. The lowest BCUT2D eigenvalue weighted by Gasteiger charge is -2.03. The Morgan fingerprint density at radius 1 is 1.47 bits per heavy atom. The zero-order valence-corrected chi connectivity index (χ0v) is 10.3. The Labute approximate surface area is 109 Å². The number of primary amides is 1. The number of nitrogens with zero attached hydrogens (tertiary/aromatic N) is 1. The Hall–Kier alpha value is -2.63. The van der Waals surface area contributed by atoms with Crippen molar-refractivity contribution in [3.05, 3.63) is 35.5 Å². The second kappa shape index (κ2) is 5.34. The minimum Gasteiger partial charge on any atom is -0.465 e. The summed E-state index contributed by atoms with van der Waals surface area (Å²) in [6, 6.07) is 3.51. The third-order valence-electron chi connectivity index (χ3n) is 2.62. The Balaban J connectivity index is 2.43. The molecule has 0 aliphatic rings. The second-order valence-corrected chi connectivity index (χ2v) is 3.96. The first-order valence-electron chi connectivity index (χ1n) is 5.62. The van der Waals surface area contributed by atoms with E-state index in [9.17, 15) is 9.59 Å². The van der Waals surface area contributed by atoms with E-state index in [1.807, 2.05) is 6.07 Å². The van der Waals surface area contributed by atoms with Gasteiger partial charge in [0.25, 0.3) is 0 Å². The first-order chi connectivity index (χ1) is 9.11. The molecule has 19 heavy (non-hydrogen) atoms. The number of hydrogen-bond acceptors (Lipinski definition) is 4. The second-order valence-electron chi connectivity index (χ2n) is 3.96. The molecule has 1 aromatic carbocycles. The zero-order chi connectivity index (χ0) is 13.8. The number of amides is 1. The van der Waals surface area contributed by atoms with E-state index in [-0.39, 0.29) is 6.42 Å². The van der Waals surface area contributed by atoms with Crippen molar-refractivity contribution in [1.82, 2.24) is 10.2 Å². The third-order valence-corrected chi connectivity index (χ3v) is 2.62. The number of esters is 1. The highest BCUT2D eigenvalue weighted by Gasteiger charge is 2.12. The van der Waals surface area contributed by atoms with E-state index in [4.69, 9.17) is 10.5 Å². The van der Waals surface area contributed by atoms with Crippen LogP contribution in [0.25, 0.3) is 17.0 Å². The summed E-state index contributed by atoms with van der Waals surface area (Å²) in [6.45, 7) is 0. The summed E-state index contributed by atoms with van der Waals surface area (Å²) in [5.41, 5.74) is 6.96. The molecule has 0 radical (unpaired) electrons. The topological polar surface area (TPSA) is 98.1 Å². The molecule has 0 atom stereocenters. The van der Waals surface area contributed by atoms with Crippen LogP contribution in [0.3, 0.4) is 0 Å². The Kier molecular flexibility index (Phi) is 3.61. The number of methoxy groups -OCH3 is 1. The van der Waals surface area contributed by atoms with Crippen molar-refractivity contribution in [2.75, 3.05) is 7.11 Å². The molecular formula is C13H13N3O3. The minimum atomic E-state index is -0.434. The first kappa shape index (κ1) is 12.8. The van der Waals surface area contributed by atoms with Crippen molar-refractivity contribution in [3.63, 3.8) is 0 Å². The highest BCUT2D eigenvalue weighted by molar-refractivity contribution is 6.04. The van der Waals surface area contributed by atoms with Gasteiger partial charge in [-0.3, -0.25) is 9.89 Å². The van der Waals surface area contributed by atoms with Crippen LogP contribution in [0.1, 0.15) is 22.3 Å². The highest BCUT2D eigenvalue weighted by Crippen LogP contribution is 2.21. The molecule has 1 aromatic heterocycles. The van der Waals surface area contributed by atoms with Crippen LogP contribution < -0.4 is 5.73 Å². The first-order valence-corrected chi connectivity index (χ1v) is 5.62. The number of carbonyl (C=O) groups is 2. The van der Waals surface area contributed by atoms with Gasteiger partial charge in [-0.2, -0.15) is 5.10 Å². The maximum Gasteiger partial charge on any atom is 0.338 e. The number of nitrogens with one attached hydrogen (secondary N) is 1. The molecule has 2 aromatic rings. The van der Waals surface area contributed by atoms with E-state index in [1.165, 1.54) is 7.11 Å². The molecule has 0 bridgehead atoms. The molecule has 6 heteroatoms. The summed E-state index contributed by atoms with van der Waals surface area (Å²) in [4.78, 5) is 22.4. The van der Waals surface area contributed by atoms with Gasteiger partial charge in [0.15, 0.2) is 0 Å². The molecule has 1 heterocycles. The molecule has 2 rings (SSSR count). The molecular weight excluding hydrogens is 246 g/mol. The fraction of sp³-hybridized carbons (Fsp3) is 0.154. The quantitative estimate of drug-likeness (QED) is 0.807. The average Bonchev–Trinajstić information content (AvgIpc) is 2.84. The van der Waals surface area contributed by atoms with Crippen LogP contribution in [0.15, 0.2) is 24.4 Å². The minimum absolute atomic E-state index is 0.147. The van der Waals surface area contributed by atoms with Crippen molar-refractivity contribution in [2.24, 2.45) is 5.73 Å². The van der Waals surface area contributed by atoms with Crippen molar-refractivity contribution in [1.29, 1.82) is 0 Å². The molecule has 6 nitrogen and oxygen atoms in total. The Bertz CT molecular complexity index is 658. The van der Waals surface area contributed by atoms with Gasteiger partial charge in [-0.15, -0.1) is 0 Å². The number of aromatic nitrogens is 2. The lowest BCUT2D eigenvalue weighted by Crippen LogP contribution is -2.07. The van der Waals surface area contributed by atoms with Gasteiger partial charge in [-0.1, -0.05) is 12.2 Å². The summed E-state index contributed by atoms with van der Waals surface area (Å²) in [6.07, 6.45) is 5.07. The third kappa shape index (κ3) is 2.79. The number of aromatic amines is 1. The van der Waals surface area contributed by atoms with Crippen molar-refractivity contribution in [3.8, 4) is 0 Å². The van der Waals surface area contributed by atoms with Crippen LogP contribution in [0.2, 0.25) is 0 Å². The van der Waals surface area contributed by atoms with Crippen molar-refractivity contribution < 1.29 is 14.3 Å². The van der Waals surface area contributed by atoms with E-state index >= 15 is 0 Å². The maximum absolute atomic E-state index is 11.7. The smallest absolute Gasteiger partial charge is 0.338 e. The molecule has 0 spiro atoms. The van der Waals surface area contributed by atoms with E-state index in [2.05, 4.69) is 10.2 Å². The van der Waals surface area contributed by atoms with E-state index in [1.54, 1.807) is 24.4 Å². The summed E-state index contributed by atoms with van der Waals surface area (Å²) in [5, 5.41) is 7.39. The number of nitrogens with two attached hydrogens (primary N) is 1. The van der Waals surface area contributed by atoms with Crippen LogP contribution in [0.5, 0.6) is 0 Å². The largest absolute Gasteiger partial charge is 0.465 e. The summed E-state index contributed by atoms with van der Waals surface area (Å²) in [7, 11) is 1.32. The number of fused-ring (bicyclic) bond motifs is 1. The zero-order valence-electron chi connectivity index (χ0n) is 10.3. The van der Waals surface area contributed by atoms with E-state index in [0.717, 1.165) is 11.1 Å². The molecule has 0 saturated carbocycles. The van der Waals surface area contributed by atoms with Crippen LogP contribution >= 0.6 is 0 Å².